The number of nitrogens with one attached hydrogen (secondary N) is 1. The number of aromatic nitrogens is 3. The Balaban J connectivity index is 2.55. The molecule has 0 bridgehead atoms. The molecular formula is C9H6F3N3. The number of halogens is 3. The van der Waals surface area contributed by atoms with Gasteiger partial charge in [-0.1, -0.05) is 0 Å². The molecule has 1 heterocycles. The molecule has 0 radical (unpaired) electrons. The highest BCUT2D eigenvalue weighted by molar-refractivity contribution is 5.54. The maximum Gasteiger partial charge on any atom is 0.194 e. The van der Waals surface area contributed by atoms with Gasteiger partial charge >= 0.3 is 0 Å². The van der Waals surface area contributed by atoms with E-state index in [2.05, 4.69) is 15.2 Å². The maximum atomic E-state index is 12.9. The zero-order valence-corrected chi connectivity index (χ0v) is 7.68. The van der Waals surface area contributed by atoms with Crippen LogP contribution in [0.2, 0.25) is 0 Å². The Kier molecular flexibility index (Phi) is 2.18. The van der Waals surface area contributed by atoms with Gasteiger partial charge in [0.2, 0.25) is 0 Å². The largest absolute Gasteiger partial charge is 0.263 e. The van der Waals surface area contributed by atoms with E-state index in [0.29, 0.717) is 5.82 Å². The number of nitrogens with zero attached hydrogens (tertiary/aromatic N) is 2. The van der Waals surface area contributed by atoms with Gasteiger partial charge < -0.3 is 0 Å². The van der Waals surface area contributed by atoms with Gasteiger partial charge in [-0.2, -0.15) is 5.10 Å². The molecule has 0 spiro atoms. The highest BCUT2D eigenvalue weighted by atomic mass is 19.2. The van der Waals surface area contributed by atoms with E-state index in [1.165, 1.54) is 0 Å². The van der Waals surface area contributed by atoms with Crippen LogP contribution in [-0.2, 0) is 0 Å². The Morgan fingerprint density at radius 3 is 2.20 bits per heavy atom. The molecule has 6 heteroatoms. The fraction of sp³-hybridized carbons (Fsp3) is 0.111. The topological polar surface area (TPSA) is 41.6 Å². The van der Waals surface area contributed by atoms with Crippen LogP contribution in [0, 0.1) is 24.4 Å². The third kappa shape index (κ3) is 1.70. The highest BCUT2D eigenvalue weighted by Crippen LogP contribution is 2.20. The van der Waals surface area contributed by atoms with Crippen molar-refractivity contribution in [3.8, 4) is 11.4 Å². The maximum absolute atomic E-state index is 12.9. The van der Waals surface area contributed by atoms with Crippen molar-refractivity contribution < 1.29 is 13.2 Å². The quantitative estimate of drug-likeness (QED) is 0.738. The summed E-state index contributed by atoms with van der Waals surface area (Å²) < 4.78 is 38.3. The molecule has 1 N–H and O–H groups in total. The summed E-state index contributed by atoms with van der Waals surface area (Å²) in [6, 6.07) is 1.70. The molecule has 0 atom stereocenters. The van der Waals surface area contributed by atoms with Crippen molar-refractivity contribution in [3.05, 3.63) is 35.4 Å². The number of aromatic amines is 1. The molecule has 0 unspecified atom stereocenters. The molecule has 2 aromatic rings. The van der Waals surface area contributed by atoms with Gasteiger partial charge in [0.05, 0.1) is 0 Å². The van der Waals surface area contributed by atoms with Crippen LogP contribution in [-0.4, -0.2) is 15.2 Å². The number of aryl methyl sites for hydroxylation is 1. The standard InChI is InChI=1S/C9H6F3N3/c1-4-13-9(15-14-4)5-2-6(10)8(12)7(11)3-5/h2-3H,1H3,(H,13,14,15). The van der Waals surface area contributed by atoms with Crippen LogP contribution in [0.25, 0.3) is 11.4 Å². The van der Waals surface area contributed by atoms with Crippen molar-refractivity contribution in [2.45, 2.75) is 6.92 Å². The molecule has 0 saturated carbocycles. The lowest BCUT2D eigenvalue weighted by molar-refractivity contribution is 0.447. The SMILES string of the molecule is Cc1nc(-c2cc(F)c(F)c(F)c2)n[nH]1. The molecule has 0 aliphatic heterocycles. The molecule has 0 fully saturated rings. The number of benzene rings is 1. The first kappa shape index (κ1) is 9.70. The second-order valence-electron chi connectivity index (χ2n) is 3.00. The van der Waals surface area contributed by atoms with Gasteiger partial charge in [-0.05, 0) is 19.1 Å². The molecule has 2 rings (SSSR count). The molecule has 78 valence electrons. The van der Waals surface area contributed by atoms with Crippen LogP contribution < -0.4 is 0 Å². The second kappa shape index (κ2) is 3.38. The Hall–Kier alpha value is -1.85. The molecule has 0 aliphatic carbocycles. The van der Waals surface area contributed by atoms with E-state index in [1.54, 1.807) is 6.92 Å². The van der Waals surface area contributed by atoms with Crippen molar-refractivity contribution in [2.75, 3.05) is 0 Å². The number of hydrogen-bond acceptors (Lipinski definition) is 2. The van der Waals surface area contributed by atoms with Crippen molar-refractivity contribution in [1.29, 1.82) is 0 Å². The molecule has 3 nitrogen and oxygen atoms in total. The third-order valence-electron chi connectivity index (χ3n) is 1.84. The molecule has 1 aromatic carbocycles. The average molecular weight is 213 g/mol. The minimum atomic E-state index is -1.49. The van der Waals surface area contributed by atoms with Gasteiger partial charge in [0.1, 0.15) is 5.82 Å². The third-order valence-corrected chi connectivity index (χ3v) is 1.84. The van der Waals surface area contributed by atoms with Crippen LogP contribution >= 0.6 is 0 Å². The zero-order chi connectivity index (χ0) is 11.0. The Morgan fingerprint density at radius 2 is 1.73 bits per heavy atom. The first-order valence-corrected chi connectivity index (χ1v) is 4.12. The minimum absolute atomic E-state index is 0.0933. The predicted octanol–water partition coefficient (Wildman–Crippen LogP) is 2.20. The summed E-state index contributed by atoms with van der Waals surface area (Å²) in [5, 5.41) is 6.23. The lowest BCUT2D eigenvalue weighted by Gasteiger charge is -1.98. The smallest absolute Gasteiger partial charge is 0.194 e. The van der Waals surface area contributed by atoms with Gasteiger partial charge in [-0.25, -0.2) is 18.2 Å². The van der Waals surface area contributed by atoms with Gasteiger partial charge in [-0.3, -0.25) is 5.10 Å². The van der Waals surface area contributed by atoms with Gasteiger partial charge in [0.25, 0.3) is 0 Å². The second-order valence-corrected chi connectivity index (χ2v) is 3.00. The lowest BCUT2D eigenvalue weighted by atomic mass is 10.2. The first-order chi connectivity index (χ1) is 7.08. The van der Waals surface area contributed by atoms with E-state index in [9.17, 15) is 13.2 Å². The summed E-state index contributed by atoms with van der Waals surface area (Å²) in [4.78, 5) is 3.87. The summed E-state index contributed by atoms with van der Waals surface area (Å²) in [5.74, 6) is -3.37. The molecule has 0 saturated heterocycles. The minimum Gasteiger partial charge on any atom is -0.263 e. The van der Waals surface area contributed by atoms with E-state index in [-0.39, 0.29) is 11.4 Å². The highest BCUT2D eigenvalue weighted by Gasteiger charge is 2.13. The van der Waals surface area contributed by atoms with Crippen LogP contribution in [0.4, 0.5) is 13.2 Å². The number of rotatable bonds is 1. The Morgan fingerprint density at radius 1 is 1.13 bits per heavy atom. The van der Waals surface area contributed by atoms with E-state index < -0.39 is 17.5 Å². The number of hydrogen-bond donors (Lipinski definition) is 1. The molecule has 0 aliphatic rings. The first-order valence-electron chi connectivity index (χ1n) is 4.12. The summed E-state index contributed by atoms with van der Waals surface area (Å²) >= 11 is 0. The van der Waals surface area contributed by atoms with E-state index in [0.717, 1.165) is 12.1 Å². The van der Waals surface area contributed by atoms with Crippen molar-refractivity contribution in [2.24, 2.45) is 0 Å². The predicted molar refractivity (Wildman–Crippen MR) is 46.4 cm³/mol. The normalized spacial score (nSPS) is 10.7. The molecule has 0 amide bonds. The summed E-state index contributed by atoms with van der Waals surface area (Å²) in [6.07, 6.45) is 0. The van der Waals surface area contributed by atoms with E-state index >= 15 is 0 Å². The molecular weight excluding hydrogens is 207 g/mol. The lowest BCUT2D eigenvalue weighted by Crippen LogP contribution is -1.92. The van der Waals surface area contributed by atoms with Gasteiger partial charge in [0.15, 0.2) is 23.3 Å². The summed E-state index contributed by atoms with van der Waals surface area (Å²) in [6.45, 7) is 1.65. The van der Waals surface area contributed by atoms with Crippen molar-refractivity contribution >= 4 is 0 Å². The summed E-state index contributed by atoms with van der Waals surface area (Å²) in [7, 11) is 0. The van der Waals surface area contributed by atoms with Crippen LogP contribution in [0.1, 0.15) is 5.82 Å². The monoisotopic (exact) mass is 213 g/mol. The van der Waals surface area contributed by atoms with Crippen molar-refractivity contribution in [3.63, 3.8) is 0 Å². The van der Waals surface area contributed by atoms with Crippen molar-refractivity contribution in [1.82, 2.24) is 15.2 Å². The van der Waals surface area contributed by atoms with Gasteiger partial charge in [0, 0.05) is 5.56 Å². The van der Waals surface area contributed by atoms with Crippen LogP contribution in [0.5, 0.6) is 0 Å². The zero-order valence-electron chi connectivity index (χ0n) is 7.68. The van der Waals surface area contributed by atoms with Gasteiger partial charge in [-0.15, -0.1) is 0 Å². The Labute approximate surface area is 83.0 Å². The Bertz CT molecular complexity index is 484. The van der Waals surface area contributed by atoms with Crippen LogP contribution in [0.3, 0.4) is 0 Å². The van der Waals surface area contributed by atoms with Crippen LogP contribution in [0.15, 0.2) is 12.1 Å². The number of H-pyrrole nitrogens is 1. The fourth-order valence-electron chi connectivity index (χ4n) is 1.16. The van der Waals surface area contributed by atoms with E-state index in [1.807, 2.05) is 0 Å². The molecule has 1 aromatic heterocycles. The molecule has 15 heavy (non-hydrogen) atoms. The fourth-order valence-corrected chi connectivity index (χ4v) is 1.16. The van der Waals surface area contributed by atoms with E-state index in [4.69, 9.17) is 0 Å². The average Bonchev–Trinajstić information content (AvgIpc) is 2.60. The summed E-state index contributed by atoms with van der Waals surface area (Å²) in [5.41, 5.74) is 0.0933.